The summed E-state index contributed by atoms with van der Waals surface area (Å²) in [5.74, 6) is -0.280. The van der Waals surface area contributed by atoms with Crippen LogP contribution in [0.25, 0.3) is 10.6 Å². The molecule has 29 heavy (non-hydrogen) atoms. The van der Waals surface area contributed by atoms with Gasteiger partial charge in [-0.2, -0.15) is 0 Å². The first-order valence-electron chi connectivity index (χ1n) is 8.26. The number of nitrogens with one attached hydrogen (secondary N) is 2. The predicted molar refractivity (Wildman–Crippen MR) is 110 cm³/mol. The van der Waals surface area contributed by atoms with Crippen LogP contribution in [0.4, 0.5) is 5.69 Å². The maximum Gasteiger partial charge on any atom is 0.286 e. The average molecular weight is 446 g/mol. The molecule has 11 heteroatoms. The maximum atomic E-state index is 12.3. The molecular formula is C18H12ClN5O3S2. The Hall–Kier alpha value is -3.08. The number of amides is 2. The molecular weight excluding hydrogens is 434 g/mol. The van der Waals surface area contributed by atoms with E-state index in [1.807, 2.05) is 17.5 Å². The number of rotatable bonds is 6. The fourth-order valence-corrected chi connectivity index (χ4v) is 3.87. The maximum absolute atomic E-state index is 12.3. The van der Waals surface area contributed by atoms with Crippen molar-refractivity contribution in [3.63, 3.8) is 0 Å². The smallest absolute Gasteiger partial charge is 0.286 e. The van der Waals surface area contributed by atoms with Crippen LogP contribution in [-0.4, -0.2) is 27.2 Å². The molecule has 0 radical (unpaired) electrons. The van der Waals surface area contributed by atoms with Gasteiger partial charge in [0.05, 0.1) is 11.4 Å². The van der Waals surface area contributed by atoms with Gasteiger partial charge in [-0.3, -0.25) is 9.59 Å². The van der Waals surface area contributed by atoms with Crippen molar-refractivity contribution in [1.82, 2.24) is 20.7 Å². The van der Waals surface area contributed by atoms with Crippen molar-refractivity contribution in [3.8, 4) is 10.6 Å². The van der Waals surface area contributed by atoms with E-state index in [1.165, 1.54) is 11.3 Å². The molecule has 0 aliphatic rings. The Balaban J connectivity index is 1.34. The second-order valence-corrected chi connectivity index (χ2v) is 8.15. The molecule has 146 valence electrons. The van der Waals surface area contributed by atoms with Crippen LogP contribution in [0.2, 0.25) is 5.02 Å². The van der Waals surface area contributed by atoms with E-state index in [2.05, 4.69) is 26.0 Å². The summed E-state index contributed by atoms with van der Waals surface area (Å²) in [6.07, 6.45) is 0. The Labute approximate surface area is 177 Å². The molecule has 0 bridgehead atoms. The van der Waals surface area contributed by atoms with Crippen LogP contribution >= 0.6 is 34.3 Å². The van der Waals surface area contributed by atoms with E-state index in [4.69, 9.17) is 16.1 Å². The van der Waals surface area contributed by atoms with Gasteiger partial charge in [0.2, 0.25) is 5.01 Å². The summed E-state index contributed by atoms with van der Waals surface area (Å²) in [4.78, 5) is 25.4. The predicted octanol–water partition coefficient (Wildman–Crippen LogP) is 4.09. The molecule has 0 unspecified atom stereocenters. The number of anilines is 1. The van der Waals surface area contributed by atoms with Gasteiger partial charge < -0.3 is 15.2 Å². The van der Waals surface area contributed by atoms with Gasteiger partial charge in [0.25, 0.3) is 11.8 Å². The monoisotopic (exact) mass is 445 g/mol. The zero-order valence-corrected chi connectivity index (χ0v) is 17.0. The lowest BCUT2D eigenvalue weighted by molar-refractivity contribution is 0.0941. The molecule has 8 nitrogen and oxygen atoms in total. The SMILES string of the molecule is O=C(NCc1nnc(C(=O)Nc2cccc(Cl)c2)s1)c1cc(-c2cccs2)on1. The van der Waals surface area contributed by atoms with Crippen molar-refractivity contribution in [3.05, 3.63) is 68.6 Å². The number of halogens is 1. The molecule has 3 heterocycles. The van der Waals surface area contributed by atoms with E-state index in [9.17, 15) is 9.59 Å². The summed E-state index contributed by atoms with van der Waals surface area (Å²) in [6.45, 7) is 0.113. The first-order chi connectivity index (χ1) is 14.1. The van der Waals surface area contributed by atoms with Crippen molar-refractivity contribution in [2.75, 3.05) is 5.32 Å². The lowest BCUT2D eigenvalue weighted by atomic mass is 10.3. The van der Waals surface area contributed by atoms with Gasteiger partial charge in [0, 0.05) is 16.8 Å². The van der Waals surface area contributed by atoms with Crippen LogP contribution in [0.15, 0.2) is 52.4 Å². The first-order valence-corrected chi connectivity index (χ1v) is 10.3. The van der Waals surface area contributed by atoms with Gasteiger partial charge in [0.1, 0.15) is 5.01 Å². The fraction of sp³-hybridized carbons (Fsp3) is 0.0556. The van der Waals surface area contributed by atoms with Crippen molar-refractivity contribution in [2.24, 2.45) is 0 Å². The zero-order valence-electron chi connectivity index (χ0n) is 14.6. The van der Waals surface area contributed by atoms with Gasteiger partial charge in [-0.05, 0) is 29.6 Å². The van der Waals surface area contributed by atoms with E-state index < -0.39 is 11.8 Å². The molecule has 0 atom stereocenters. The summed E-state index contributed by atoms with van der Waals surface area (Å²) >= 11 is 8.47. The number of carbonyl (C=O) groups is 2. The molecule has 3 aromatic heterocycles. The highest BCUT2D eigenvalue weighted by molar-refractivity contribution is 7.13. The van der Waals surface area contributed by atoms with Crippen molar-refractivity contribution < 1.29 is 14.1 Å². The quantitative estimate of drug-likeness (QED) is 0.462. The summed E-state index contributed by atoms with van der Waals surface area (Å²) < 4.78 is 5.19. The van der Waals surface area contributed by atoms with Gasteiger partial charge in [-0.15, -0.1) is 21.5 Å². The Morgan fingerprint density at radius 1 is 1.10 bits per heavy atom. The lowest BCUT2D eigenvalue weighted by Crippen LogP contribution is -2.22. The molecule has 0 fully saturated rings. The number of hydrogen-bond acceptors (Lipinski definition) is 8. The molecule has 0 saturated heterocycles. The van der Waals surface area contributed by atoms with Crippen LogP contribution in [0.1, 0.15) is 25.3 Å². The van der Waals surface area contributed by atoms with Crippen LogP contribution < -0.4 is 10.6 Å². The highest BCUT2D eigenvalue weighted by atomic mass is 35.5. The third-order valence-electron chi connectivity index (χ3n) is 3.65. The molecule has 2 N–H and O–H groups in total. The summed E-state index contributed by atoms with van der Waals surface area (Å²) in [6, 6.07) is 12.1. The highest BCUT2D eigenvalue weighted by Crippen LogP contribution is 2.25. The van der Waals surface area contributed by atoms with Gasteiger partial charge in [0.15, 0.2) is 11.5 Å². The summed E-state index contributed by atoms with van der Waals surface area (Å²) in [5, 5.41) is 20.0. The van der Waals surface area contributed by atoms with Gasteiger partial charge in [-0.1, -0.05) is 40.2 Å². The van der Waals surface area contributed by atoms with E-state index >= 15 is 0 Å². The van der Waals surface area contributed by atoms with Crippen LogP contribution in [0.3, 0.4) is 0 Å². The minimum Gasteiger partial charge on any atom is -0.355 e. The number of thiophene rings is 1. The average Bonchev–Trinajstić information content (AvgIpc) is 3.47. The van der Waals surface area contributed by atoms with Crippen LogP contribution in [-0.2, 0) is 6.54 Å². The number of carbonyl (C=O) groups excluding carboxylic acids is 2. The number of hydrogen-bond donors (Lipinski definition) is 2. The van der Waals surface area contributed by atoms with E-state index in [0.29, 0.717) is 21.5 Å². The topological polar surface area (TPSA) is 110 Å². The van der Waals surface area contributed by atoms with Crippen molar-refractivity contribution in [2.45, 2.75) is 6.54 Å². The Morgan fingerprint density at radius 2 is 2.00 bits per heavy atom. The third kappa shape index (κ3) is 4.67. The standard InChI is InChI=1S/C18H12ClN5O3S2/c19-10-3-1-4-11(7-10)21-17(26)18-23-22-15(29-18)9-20-16(25)12-8-13(27-24-12)14-5-2-6-28-14/h1-8H,9H2,(H,20,25)(H,21,26). The Morgan fingerprint density at radius 3 is 2.79 bits per heavy atom. The van der Waals surface area contributed by atoms with Crippen molar-refractivity contribution in [1.29, 1.82) is 0 Å². The minimum absolute atomic E-state index is 0.113. The Kier molecular flexibility index (Phi) is 5.65. The lowest BCUT2D eigenvalue weighted by Gasteiger charge is -2.02. The molecule has 0 saturated carbocycles. The number of aromatic nitrogens is 3. The molecule has 1 aromatic carbocycles. The second-order valence-electron chi connectivity index (χ2n) is 5.70. The van der Waals surface area contributed by atoms with E-state index in [1.54, 1.807) is 30.3 Å². The highest BCUT2D eigenvalue weighted by Gasteiger charge is 2.17. The first kappa shape index (κ1) is 19.2. The zero-order chi connectivity index (χ0) is 20.2. The number of nitrogens with zero attached hydrogens (tertiary/aromatic N) is 3. The van der Waals surface area contributed by atoms with Crippen LogP contribution in [0, 0.1) is 0 Å². The largest absolute Gasteiger partial charge is 0.355 e. The summed E-state index contributed by atoms with van der Waals surface area (Å²) in [5.41, 5.74) is 0.719. The van der Waals surface area contributed by atoms with E-state index in [-0.39, 0.29) is 17.2 Å². The molecule has 4 aromatic rings. The minimum atomic E-state index is -0.406. The van der Waals surface area contributed by atoms with Gasteiger partial charge in [-0.25, -0.2) is 0 Å². The second kappa shape index (κ2) is 8.52. The number of benzene rings is 1. The molecule has 0 aliphatic heterocycles. The van der Waals surface area contributed by atoms with Crippen molar-refractivity contribution >= 4 is 51.8 Å². The normalized spacial score (nSPS) is 10.7. The van der Waals surface area contributed by atoms with Gasteiger partial charge >= 0.3 is 0 Å². The molecule has 2 amide bonds. The fourth-order valence-electron chi connectivity index (χ4n) is 2.33. The molecule has 0 aliphatic carbocycles. The van der Waals surface area contributed by atoms with Crippen LogP contribution in [0.5, 0.6) is 0 Å². The van der Waals surface area contributed by atoms with E-state index in [0.717, 1.165) is 16.2 Å². The molecule has 0 spiro atoms. The Bertz CT molecular complexity index is 1160. The summed E-state index contributed by atoms with van der Waals surface area (Å²) in [7, 11) is 0. The third-order valence-corrected chi connectivity index (χ3v) is 5.69. The molecule has 4 rings (SSSR count).